The van der Waals surface area contributed by atoms with Gasteiger partial charge < -0.3 is 30.9 Å². The standard InChI is InChI=1S/C10H18N2O5/c1-5(2)3-7(10(16)17)12-8(13)4-6(11)9(14)15/h5-7H,3-4,11H2,1-2H3,(H,12,13)(H,14,15)(H,16,17)/p-1/t6-,7-/m0/s1. The molecule has 2 atom stereocenters. The highest BCUT2D eigenvalue weighted by molar-refractivity contribution is 5.86. The SMILES string of the molecule is CC(C)C[C@H](NC(=O)C[C@H]([NH3+])C(=O)[O-])C(=O)[O-]. The largest absolute Gasteiger partial charge is 0.548 e. The van der Waals surface area contributed by atoms with E-state index in [2.05, 4.69) is 11.1 Å². The van der Waals surface area contributed by atoms with Gasteiger partial charge in [0.1, 0.15) is 6.04 Å². The van der Waals surface area contributed by atoms with Crippen LogP contribution in [-0.4, -0.2) is 29.9 Å². The van der Waals surface area contributed by atoms with Crippen LogP contribution in [0, 0.1) is 5.92 Å². The number of nitrogens with one attached hydrogen (secondary N) is 1. The first-order valence-corrected chi connectivity index (χ1v) is 5.28. The van der Waals surface area contributed by atoms with Crippen LogP contribution >= 0.6 is 0 Å². The van der Waals surface area contributed by atoms with Gasteiger partial charge in [-0.1, -0.05) is 13.8 Å². The van der Waals surface area contributed by atoms with Crippen molar-refractivity contribution < 1.29 is 30.3 Å². The Bertz CT molecular complexity index is 303. The number of hydrogen-bond acceptors (Lipinski definition) is 5. The van der Waals surface area contributed by atoms with Crippen molar-refractivity contribution in [3.63, 3.8) is 0 Å². The van der Waals surface area contributed by atoms with Crippen LogP contribution in [0.1, 0.15) is 26.7 Å². The Morgan fingerprint density at radius 3 is 2.06 bits per heavy atom. The van der Waals surface area contributed by atoms with Gasteiger partial charge >= 0.3 is 0 Å². The Hall–Kier alpha value is -1.63. The zero-order chi connectivity index (χ0) is 13.6. The van der Waals surface area contributed by atoms with E-state index in [0.717, 1.165) is 0 Å². The Labute approximate surface area is 99.0 Å². The van der Waals surface area contributed by atoms with Gasteiger partial charge in [0.25, 0.3) is 0 Å². The van der Waals surface area contributed by atoms with Gasteiger partial charge in [-0.15, -0.1) is 0 Å². The Balaban J connectivity index is 4.31. The van der Waals surface area contributed by atoms with Crippen molar-refractivity contribution >= 4 is 17.8 Å². The first-order chi connectivity index (χ1) is 7.73. The summed E-state index contributed by atoms with van der Waals surface area (Å²) in [7, 11) is 0. The number of carbonyl (C=O) groups is 3. The molecular formula is C10H17N2O5-. The van der Waals surface area contributed by atoms with Gasteiger partial charge in [-0.2, -0.15) is 0 Å². The van der Waals surface area contributed by atoms with Gasteiger partial charge in [0.05, 0.1) is 24.4 Å². The second-order valence-electron chi connectivity index (χ2n) is 4.29. The van der Waals surface area contributed by atoms with Gasteiger partial charge in [-0.25, -0.2) is 0 Å². The number of carbonyl (C=O) groups excluding carboxylic acids is 3. The van der Waals surface area contributed by atoms with Gasteiger partial charge in [0, 0.05) is 0 Å². The quantitative estimate of drug-likeness (QED) is 0.471. The van der Waals surface area contributed by atoms with Crippen molar-refractivity contribution in [1.29, 1.82) is 0 Å². The van der Waals surface area contributed by atoms with E-state index in [-0.39, 0.29) is 12.3 Å². The molecule has 0 radical (unpaired) electrons. The average Bonchev–Trinajstić information content (AvgIpc) is 2.15. The highest BCUT2D eigenvalue weighted by atomic mass is 16.4. The van der Waals surface area contributed by atoms with Gasteiger partial charge in [0.2, 0.25) is 5.91 Å². The maximum atomic E-state index is 11.3. The molecule has 0 unspecified atom stereocenters. The number of hydrogen-bond donors (Lipinski definition) is 2. The first kappa shape index (κ1) is 15.4. The summed E-state index contributed by atoms with van der Waals surface area (Å²) in [6.07, 6.45) is -0.189. The van der Waals surface area contributed by atoms with Crippen LogP contribution in [0.3, 0.4) is 0 Å². The van der Waals surface area contributed by atoms with E-state index in [4.69, 9.17) is 0 Å². The fourth-order valence-corrected chi connectivity index (χ4v) is 1.25. The van der Waals surface area contributed by atoms with Crippen LogP contribution in [0.5, 0.6) is 0 Å². The summed E-state index contributed by atoms with van der Waals surface area (Å²) in [5, 5.41) is 23.3. The Morgan fingerprint density at radius 1 is 1.18 bits per heavy atom. The lowest BCUT2D eigenvalue weighted by atomic mass is 10.0. The van der Waals surface area contributed by atoms with Gasteiger partial charge in [-0.3, -0.25) is 4.79 Å². The van der Waals surface area contributed by atoms with E-state index in [0.29, 0.717) is 0 Å². The average molecular weight is 245 g/mol. The molecule has 0 aliphatic carbocycles. The van der Waals surface area contributed by atoms with Crippen molar-refractivity contribution in [3.8, 4) is 0 Å². The Kier molecular flexibility index (Phi) is 6.19. The van der Waals surface area contributed by atoms with Gasteiger partial charge in [-0.05, 0) is 12.3 Å². The molecular weight excluding hydrogens is 228 g/mol. The third-order valence-electron chi connectivity index (χ3n) is 2.09. The molecule has 0 rings (SSSR count). The monoisotopic (exact) mass is 245 g/mol. The van der Waals surface area contributed by atoms with Crippen LogP contribution in [0.4, 0.5) is 0 Å². The molecule has 0 saturated carbocycles. The van der Waals surface area contributed by atoms with E-state index < -0.39 is 36.4 Å². The normalized spacial score (nSPS) is 14.1. The fourth-order valence-electron chi connectivity index (χ4n) is 1.25. The van der Waals surface area contributed by atoms with Crippen LogP contribution in [0.2, 0.25) is 0 Å². The van der Waals surface area contributed by atoms with Crippen molar-refractivity contribution in [3.05, 3.63) is 0 Å². The molecule has 0 aromatic carbocycles. The first-order valence-electron chi connectivity index (χ1n) is 5.28. The topological polar surface area (TPSA) is 137 Å². The molecule has 0 saturated heterocycles. The number of quaternary nitrogens is 1. The number of amides is 1. The molecule has 0 fully saturated rings. The summed E-state index contributed by atoms with van der Waals surface area (Å²) >= 11 is 0. The summed E-state index contributed by atoms with van der Waals surface area (Å²) in [4.78, 5) is 32.4. The van der Waals surface area contributed by atoms with E-state index in [1.165, 1.54) is 0 Å². The van der Waals surface area contributed by atoms with Crippen molar-refractivity contribution in [2.75, 3.05) is 0 Å². The molecule has 7 heteroatoms. The van der Waals surface area contributed by atoms with Crippen LogP contribution in [-0.2, 0) is 14.4 Å². The second kappa shape index (κ2) is 6.85. The summed E-state index contributed by atoms with van der Waals surface area (Å²) in [6.45, 7) is 3.60. The van der Waals surface area contributed by atoms with E-state index >= 15 is 0 Å². The number of rotatable bonds is 7. The molecule has 1 amide bonds. The minimum atomic E-state index is -1.45. The molecule has 0 aliphatic rings. The maximum Gasteiger partial charge on any atom is 0.226 e. The molecule has 0 aromatic heterocycles. The summed E-state index contributed by atoms with van der Waals surface area (Å²) < 4.78 is 0. The Morgan fingerprint density at radius 2 is 1.71 bits per heavy atom. The molecule has 0 aliphatic heterocycles. The predicted octanol–water partition coefficient (Wildman–Crippen LogP) is -3.98. The molecule has 98 valence electrons. The third kappa shape index (κ3) is 6.52. The van der Waals surface area contributed by atoms with E-state index in [1.807, 2.05) is 0 Å². The second-order valence-corrected chi connectivity index (χ2v) is 4.29. The van der Waals surface area contributed by atoms with Crippen LogP contribution in [0.25, 0.3) is 0 Å². The van der Waals surface area contributed by atoms with E-state index in [1.54, 1.807) is 13.8 Å². The molecule has 0 heterocycles. The van der Waals surface area contributed by atoms with Crippen LogP contribution < -0.4 is 21.3 Å². The number of carboxylic acid groups (broad SMARTS) is 2. The smallest absolute Gasteiger partial charge is 0.226 e. The number of carboxylic acids is 2. The molecule has 7 nitrogen and oxygen atoms in total. The lowest BCUT2D eigenvalue weighted by Crippen LogP contribution is -2.69. The summed E-state index contributed by atoms with van der Waals surface area (Å²) in [5.41, 5.74) is 3.20. The predicted molar refractivity (Wildman–Crippen MR) is 52.7 cm³/mol. The lowest BCUT2D eigenvalue weighted by Gasteiger charge is -2.22. The van der Waals surface area contributed by atoms with Crippen molar-refractivity contribution in [1.82, 2.24) is 5.32 Å². The van der Waals surface area contributed by atoms with Crippen molar-refractivity contribution in [2.45, 2.75) is 38.8 Å². The van der Waals surface area contributed by atoms with Crippen LogP contribution in [0.15, 0.2) is 0 Å². The van der Waals surface area contributed by atoms with E-state index in [9.17, 15) is 24.6 Å². The fraction of sp³-hybridized carbons (Fsp3) is 0.700. The highest BCUT2D eigenvalue weighted by Crippen LogP contribution is 2.04. The molecule has 0 aromatic rings. The zero-order valence-electron chi connectivity index (χ0n) is 9.89. The minimum Gasteiger partial charge on any atom is -0.548 e. The lowest BCUT2D eigenvalue weighted by molar-refractivity contribution is -0.436. The third-order valence-corrected chi connectivity index (χ3v) is 2.09. The molecule has 4 N–H and O–H groups in total. The maximum absolute atomic E-state index is 11.3. The highest BCUT2D eigenvalue weighted by Gasteiger charge is 2.18. The van der Waals surface area contributed by atoms with Crippen molar-refractivity contribution in [2.24, 2.45) is 5.92 Å². The molecule has 0 bridgehead atoms. The zero-order valence-corrected chi connectivity index (χ0v) is 9.89. The number of aliphatic carboxylic acids is 2. The summed E-state index contributed by atoms with van der Waals surface area (Å²) in [6, 6.07) is -2.31. The molecule has 17 heavy (non-hydrogen) atoms. The molecule has 0 spiro atoms. The minimum absolute atomic E-state index is 0.0647. The van der Waals surface area contributed by atoms with Gasteiger partial charge in [0.15, 0.2) is 0 Å². The summed E-state index contributed by atoms with van der Waals surface area (Å²) in [5.74, 6) is -3.46.